The number of aliphatic hydroxyl groups is 1. The summed E-state index contributed by atoms with van der Waals surface area (Å²) in [5.41, 5.74) is 2.65. The van der Waals surface area contributed by atoms with Gasteiger partial charge in [0, 0.05) is 22.7 Å². The summed E-state index contributed by atoms with van der Waals surface area (Å²) in [6.07, 6.45) is 6.99. The van der Waals surface area contributed by atoms with Crippen molar-refractivity contribution in [3.8, 4) is 23.6 Å². The molecule has 0 aliphatic carbocycles. The van der Waals surface area contributed by atoms with Gasteiger partial charge in [0.25, 0.3) is 0 Å². The molecule has 4 heteroatoms. The number of hydrogen-bond acceptors (Lipinski definition) is 3. The van der Waals surface area contributed by atoms with E-state index in [2.05, 4.69) is 11.0 Å². The quantitative estimate of drug-likeness (QED) is 0.797. The van der Waals surface area contributed by atoms with Gasteiger partial charge in [-0.25, -0.2) is 0 Å². The predicted octanol–water partition coefficient (Wildman–Crippen LogP) is 1.74. The number of aromatic nitrogens is 2. The molecule has 0 spiro atoms. The number of nitrogens with zero attached hydrogens (tertiary/aromatic N) is 2. The molecule has 2 rings (SSSR count). The molecule has 0 bridgehead atoms. The summed E-state index contributed by atoms with van der Waals surface area (Å²) < 4.78 is 1.67. The lowest BCUT2D eigenvalue weighted by molar-refractivity contribution is 0.282. The first-order chi connectivity index (χ1) is 7.35. The Hall–Kier alpha value is -1.57. The van der Waals surface area contributed by atoms with E-state index in [0.717, 1.165) is 16.8 Å². The fourth-order valence-corrected chi connectivity index (χ4v) is 2.04. The largest absolute Gasteiger partial charge is 0.392 e. The maximum Gasteiger partial charge on any atom is 0.101 e. The number of rotatable bonds is 3. The van der Waals surface area contributed by atoms with Crippen molar-refractivity contribution in [3.63, 3.8) is 0 Å². The van der Waals surface area contributed by atoms with Gasteiger partial charge in [-0.1, -0.05) is 5.92 Å². The maximum atomic E-state index is 9.20. The minimum atomic E-state index is -0.0181. The molecule has 76 valence electrons. The summed E-state index contributed by atoms with van der Waals surface area (Å²) in [5, 5.41) is 17.5. The van der Waals surface area contributed by atoms with E-state index in [1.54, 1.807) is 22.2 Å². The highest BCUT2D eigenvalue weighted by Crippen LogP contribution is 2.24. The van der Waals surface area contributed by atoms with Crippen LogP contribution in [-0.4, -0.2) is 14.9 Å². The van der Waals surface area contributed by atoms with Crippen LogP contribution in [0.1, 0.15) is 5.56 Å². The topological polar surface area (TPSA) is 38.0 Å². The average Bonchev–Trinajstić information content (AvgIpc) is 2.84. The SMILES string of the molecule is C#CCn1cc(CO)c(-c2ccsc2)n1. The van der Waals surface area contributed by atoms with Crippen LogP contribution < -0.4 is 0 Å². The molecule has 0 radical (unpaired) electrons. The Balaban J connectivity index is 2.42. The zero-order valence-electron chi connectivity index (χ0n) is 8.05. The average molecular weight is 218 g/mol. The molecule has 0 saturated carbocycles. The van der Waals surface area contributed by atoms with Crippen molar-refractivity contribution in [1.82, 2.24) is 9.78 Å². The van der Waals surface area contributed by atoms with Crippen LogP contribution >= 0.6 is 11.3 Å². The highest BCUT2D eigenvalue weighted by atomic mass is 32.1. The minimum Gasteiger partial charge on any atom is -0.392 e. The summed E-state index contributed by atoms with van der Waals surface area (Å²) in [6, 6.07) is 1.98. The van der Waals surface area contributed by atoms with Crippen LogP contribution in [0.25, 0.3) is 11.3 Å². The van der Waals surface area contributed by atoms with Gasteiger partial charge >= 0.3 is 0 Å². The Morgan fingerprint density at radius 3 is 3.07 bits per heavy atom. The van der Waals surface area contributed by atoms with Gasteiger partial charge in [-0.3, -0.25) is 4.68 Å². The second-order valence-corrected chi connectivity index (χ2v) is 3.85. The third-order valence-corrected chi connectivity index (χ3v) is 2.74. The summed E-state index contributed by atoms with van der Waals surface area (Å²) >= 11 is 1.61. The lowest BCUT2D eigenvalue weighted by Crippen LogP contribution is -1.95. The molecule has 3 nitrogen and oxygen atoms in total. The standard InChI is InChI=1S/C11H10N2OS/c1-2-4-13-6-10(7-14)11(12-13)9-3-5-15-8-9/h1,3,5-6,8,14H,4,7H2. The minimum absolute atomic E-state index is 0.0181. The first-order valence-corrected chi connectivity index (χ1v) is 5.42. The summed E-state index contributed by atoms with van der Waals surface area (Å²) in [4.78, 5) is 0. The van der Waals surface area contributed by atoms with Gasteiger partial charge in [-0.2, -0.15) is 16.4 Å². The fraction of sp³-hybridized carbons (Fsp3) is 0.182. The van der Waals surface area contributed by atoms with E-state index in [1.165, 1.54) is 0 Å². The summed E-state index contributed by atoms with van der Waals surface area (Å²) in [6.45, 7) is 0.410. The van der Waals surface area contributed by atoms with E-state index in [1.807, 2.05) is 16.8 Å². The first kappa shape index (κ1) is 9.97. The summed E-state index contributed by atoms with van der Waals surface area (Å²) in [7, 11) is 0. The molecular formula is C11H10N2OS. The van der Waals surface area contributed by atoms with Crippen LogP contribution in [0.5, 0.6) is 0 Å². The monoisotopic (exact) mass is 218 g/mol. The Morgan fingerprint density at radius 2 is 2.47 bits per heavy atom. The van der Waals surface area contributed by atoms with Crippen LogP contribution in [0.3, 0.4) is 0 Å². The summed E-state index contributed by atoms with van der Waals surface area (Å²) in [5.74, 6) is 2.52. The molecule has 0 aliphatic rings. The highest BCUT2D eigenvalue weighted by molar-refractivity contribution is 7.08. The normalized spacial score (nSPS) is 10.1. The highest BCUT2D eigenvalue weighted by Gasteiger charge is 2.09. The predicted molar refractivity (Wildman–Crippen MR) is 60.3 cm³/mol. The second-order valence-electron chi connectivity index (χ2n) is 3.07. The number of hydrogen-bond donors (Lipinski definition) is 1. The van der Waals surface area contributed by atoms with E-state index < -0.39 is 0 Å². The first-order valence-electron chi connectivity index (χ1n) is 4.48. The van der Waals surface area contributed by atoms with E-state index in [9.17, 15) is 5.11 Å². The zero-order chi connectivity index (χ0) is 10.7. The van der Waals surface area contributed by atoms with Crippen LogP contribution in [0, 0.1) is 12.3 Å². The molecule has 2 heterocycles. The van der Waals surface area contributed by atoms with Crippen molar-refractivity contribution >= 4 is 11.3 Å². The van der Waals surface area contributed by atoms with E-state index in [-0.39, 0.29) is 6.61 Å². The number of aliphatic hydroxyl groups excluding tert-OH is 1. The van der Waals surface area contributed by atoms with Gasteiger partial charge in [0.05, 0.1) is 12.3 Å². The van der Waals surface area contributed by atoms with Crippen molar-refractivity contribution in [2.75, 3.05) is 0 Å². The number of terminal acetylenes is 1. The molecule has 2 aromatic rings. The molecule has 0 aliphatic heterocycles. The molecular weight excluding hydrogens is 208 g/mol. The van der Waals surface area contributed by atoms with Crippen molar-refractivity contribution in [2.45, 2.75) is 13.2 Å². The molecule has 0 saturated heterocycles. The Labute approximate surface area is 92.0 Å². The molecule has 2 aromatic heterocycles. The van der Waals surface area contributed by atoms with Crippen molar-refractivity contribution < 1.29 is 5.11 Å². The zero-order valence-corrected chi connectivity index (χ0v) is 8.87. The smallest absolute Gasteiger partial charge is 0.101 e. The molecule has 0 aromatic carbocycles. The second kappa shape index (κ2) is 4.30. The van der Waals surface area contributed by atoms with Crippen LogP contribution in [0.2, 0.25) is 0 Å². The van der Waals surface area contributed by atoms with E-state index >= 15 is 0 Å². The Bertz CT molecular complexity index is 479. The molecule has 1 N–H and O–H groups in total. The third-order valence-electron chi connectivity index (χ3n) is 2.06. The van der Waals surface area contributed by atoms with Crippen molar-refractivity contribution in [2.24, 2.45) is 0 Å². The Kier molecular flexibility index (Phi) is 2.86. The lowest BCUT2D eigenvalue weighted by Gasteiger charge is -1.93. The van der Waals surface area contributed by atoms with Crippen LogP contribution in [-0.2, 0) is 13.2 Å². The van der Waals surface area contributed by atoms with Crippen molar-refractivity contribution in [1.29, 1.82) is 0 Å². The van der Waals surface area contributed by atoms with Gasteiger partial charge in [0.1, 0.15) is 6.54 Å². The van der Waals surface area contributed by atoms with Gasteiger partial charge < -0.3 is 5.11 Å². The molecule has 0 unspecified atom stereocenters. The van der Waals surface area contributed by atoms with Crippen LogP contribution in [0.4, 0.5) is 0 Å². The van der Waals surface area contributed by atoms with Gasteiger partial charge in [-0.15, -0.1) is 6.42 Å². The lowest BCUT2D eigenvalue weighted by atomic mass is 10.2. The molecule has 0 amide bonds. The molecule has 15 heavy (non-hydrogen) atoms. The van der Waals surface area contributed by atoms with Gasteiger partial charge in [0.2, 0.25) is 0 Å². The van der Waals surface area contributed by atoms with Crippen molar-refractivity contribution in [3.05, 3.63) is 28.6 Å². The van der Waals surface area contributed by atoms with Crippen LogP contribution in [0.15, 0.2) is 23.0 Å². The van der Waals surface area contributed by atoms with E-state index in [0.29, 0.717) is 6.54 Å². The molecule has 0 fully saturated rings. The maximum absolute atomic E-state index is 9.20. The van der Waals surface area contributed by atoms with E-state index in [4.69, 9.17) is 6.42 Å². The molecule has 0 atom stereocenters. The van der Waals surface area contributed by atoms with Gasteiger partial charge in [-0.05, 0) is 11.4 Å². The fourth-order valence-electron chi connectivity index (χ4n) is 1.40. The Morgan fingerprint density at radius 1 is 1.60 bits per heavy atom. The van der Waals surface area contributed by atoms with Gasteiger partial charge in [0.15, 0.2) is 0 Å². The third kappa shape index (κ3) is 1.94. The number of thiophene rings is 1.